The molecule has 5 N–H and O–H groups in total. The van der Waals surface area contributed by atoms with Crippen molar-refractivity contribution in [3.63, 3.8) is 0 Å². The molecular weight excluding hydrogens is 210 g/mol. The summed E-state index contributed by atoms with van der Waals surface area (Å²) in [5.74, 6) is 0. The second kappa shape index (κ2) is 3.56. The predicted octanol–water partition coefficient (Wildman–Crippen LogP) is 3.00. The van der Waals surface area contributed by atoms with Gasteiger partial charge in [-0.1, -0.05) is 18.2 Å². The number of nitrogen functional groups attached to an aromatic ring is 2. The minimum atomic E-state index is 0.762. The van der Waals surface area contributed by atoms with Crippen LogP contribution in [0.15, 0.2) is 48.5 Å². The lowest BCUT2D eigenvalue weighted by atomic mass is 10.1. The topological polar surface area (TPSA) is 67.8 Å². The van der Waals surface area contributed by atoms with Gasteiger partial charge in [0.05, 0.1) is 0 Å². The van der Waals surface area contributed by atoms with Crippen molar-refractivity contribution in [3.8, 4) is 11.3 Å². The number of aromatic amines is 1. The van der Waals surface area contributed by atoms with Crippen LogP contribution in [-0.2, 0) is 0 Å². The van der Waals surface area contributed by atoms with E-state index in [1.54, 1.807) is 0 Å². The molecule has 3 heteroatoms. The molecule has 0 spiro atoms. The first-order valence-electron chi connectivity index (χ1n) is 5.46. The van der Waals surface area contributed by atoms with E-state index in [-0.39, 0.29) is 0 Å². The Morgan fingerprint density at radius 3 is 2.47 bits per heavy atom. The number of hydrogen-bond donors (Lipinski definition) is 3. The van der Waals surface area contributed by atoms with E-state index in [0.29, 0.717) is 0 Å². The molecule has 0 aliphatic carbocycles. The van der Waals surface area contributed by atoms with Gasteiger partial charge in [-0.25, -0.2) is 0 Å². The summed E-state index contributed by atoms with van der Waals surface area (Å²) in [5.41, 5.74) is 16.2. The second-order valence-electron chi connectivity index (χ2n) is 4.16. The highest BCUT2D eigenvalue weighted by molar-refractivity contribution is 5.88. The van der Waals surface area contributed by atoms with Gasteiger partial charge in [0.1, 0.15) is 0 Å². The number of aromatic nitrogens is 1. The smallest absolute Gasteiger partial charge is 0.0479 e. The predicted molar refractivity (Wildman–Crippen MR) is 72.6 cm³/mol. The average Bonchev–Trinajstić information content (AvgIpc) is 2.72. The Bertz CT molecular complexity index is 683. The SMILES string of the molecule is Nc1cccc(-c2cc3ccc(N)cc3[nH]2)c1. The molecule has 1 aromatic heterocycles. The first-order chi connectivity index (χ1) is 8.22. The van der Waals surface area contributed by atoms with E-state index in [1.807, 2.05) is 42.5 Å². The molecule has 0 aliphatic heterocycles. The maximum absolute atomic E-state index is 5.78. The number of H-pyrrole nitrogens is 1. The van der Waals surface area contributed by atoms with Gasteiger partial charge >= 0.3 is 0 Å². The normalized spacial score (nSPS) is 10.8. The second-order valence-corrected chi connectivity index (χ2v) is 4.16. The third kappa shape index (κ3) is 1.72. The molecule has 0 unspecified atom stereocenters. The van der Waals surface area contributed by atoms with E-state index in [0.717, 1.165) is 33.5 Å². The highest BCUT2D eigenvalue weighted by Crippen LogP contribution is 2.26. The Hall–Kier alpha value is -2.42. The Morgan fingerprint density at radius 2 is 1.65 bits per heavy atom. The highest BCUT2D eigenvalue weighted by atomic mass is 14.7. The van der Waals surface area contributed by atoms with Crippen molar-refractivity contribution in [3.05, 3.63) is 48.5 Å². The first-order valence-corrected chi connectivity index (χ1v) is 5.46. The van der Waals surface area contributed by atoms with Crippen molar-refractivity contribution in [2.75, 3.05) is 11.5 Å². The molecule has 17 heavy (non-hydrogen) atoms. The van der Waals surface area contributed by atoms with E-state index in [4.69, 9.17) is 11.5 Å². The van der Waals surface area contributed by atoms with Crippen LogP contribution in [0.1, 0.15) is 0 Å². The fourth-order valence-corrected chi connectivity index (χ4v) is 2.01. The minimum Gasteiger partial charge on any atom is -0.399 e. The van der Waals surface area contributed by atoms with Crippen LogP contribution in [0.3, 0.4) is 0 Å². The van der Waals surface area contributed by atoms with E-state index in [1.165, 1.54) is 0 Å². The van der Waals surface area contributed by atoms with E-state index in [9.17, 15) is 0 Å². The van der Waals surface area contributed by atoms with Crippen LogP contribution in [0.4, 0.5) is 11.4 Å². The zero-order chi connectivity index (χ0) is 11.8. The zero-order valence-electron chi connectivity index (χ0n) is 9.27. The first kappa shape index (κ1) is 9.78. The van der Waals surface area contributed by atoms with Gasteiger partial charge in [-0.3, -0.25) is 0 Å². The van der Waals surface area contributed by atoms with Crippen molar-refractivity contribution < 1.29 is 0 Å². The third-order valence-corrected chi connectivity index (χ3v) is 2.84. The molecule has 0 fully saturated rings. The van der Waals surface area contributed by atoms with Crippen molar-refractivity contribution >= 4 is 22.3 Å². The molecule has 3 nitrogen and oxygen atoms in total. The molecule has 3 aromatic rings. The number of fused-ring (bicyclic) bond motifs is 1. The van der Waals surface area contributed by atoms with Crippen LogP contribution in [0, 0.1) is 0 Å². The molecule has 0 saturated carbocycles. The molecular formula is C14H13N3. The number of benzene rings is 2. The lowest BCUT2D eigenvalue weighted by molar-refractivity contribution is 1.45. The molecule has 0 atom stereocenters. The Labute approximate surface area is 99.1 Å². The van der Waals surface area contributed by atoms with Crippen LogP contribution >= 0.6 is 0 Å². The van der Waals surface area contributed by atoms with Gasteiger partial charge in [0.25, 0.3) is 0 Å². The lowest BCUT2D eigenvalue weighted by Gasteiger charge is -1.98. The number of rotatable bonds is 1. The van der Waals surface area contributed by atoms with Crippen molar-refractivity contribution in [1.29, 1.82) is 0 Å². The van der Waals surface area contributed by atoms with Crippen LogP contribution in [-0.4, -0.2) is 4.98 Å². The van der Waals surface area contributed by atoms with Gasteiger partial charge in [-0.05, 0) is 35.9 Å². The largest absolute Gasteiger partial charge is 0.399 e. The van der Waals surface area contributed by atoms with Gasteiger partial charge in [-0.15, -0.1) is 0 Å². The van der Waals surface area contributed by atoms with Gasteiger partial charge in [0.2, 0.25) is 0 Å². The van der Waals surface area contributed by atoms with Crippen LogP contribution in [0.2, 0.25) is 0 Å². The summed E-state index contributed by atoms with van der Waals surface area (Å²) >= 11 is 0. The number of nitrogens with one attached hydrogen (secondary N) is 1. The van der Waals surface area contributed by atoms with E-state index in [2.05, 4.69) is 11.1 Å². The average molecular weight is 223 g/mol. The quantitative estimate of drug-likeness (QED) is 0.555. The molecule has 0 radical (unpaired) electrons. The molecule has 0 aliphatic rings. The monoisotopic (exact) mass is 223 g/mol. The van der Waals surface area contributed by atoms with E-state index < -0.39 is 0 Å². The fourth-order valence-electron chi connectivity index (χ4n) is 2.01. The van der Waals surface area contributed by atoms with Gasteiger partial charge in [-0.2, -0.15) is 0 Å². The standard InChI is InChI=1S/C14H13N3/c15-11-3-1-2-9(6-11)13-7-10-4-5-12(16)8-14(10)17-13/h1-8,17H,15-16H2. The van der Waals surface area contributed by atoms with Crippen molar-refractivity contribution in [2.24, 2.45) is 0 Å². The maximum atomic E-state index is 5.78. The summed E-state index contributed by atoms with van der Waals surface area (Å²) < 4.78 is 0. The van der Waals surface area contributed by atoms with Crippen LogP contribution < -0.4 is 11.5 Å². The summed E-state index contributed by atoms with van der Waals surface area (Å²) in [4.78, 5) is 3.34. The molecule has 0 amide bonds. The lowest BCUT2D eigenvalue weighted by Crippen LogP contribution is -1.85. The Kier molecular flexibility index (Phi) is 2.05. The highest BCUT2D eigenvalue weighted by Gasteiger charge is 2.03. The molecule has 0 saturated heterocycles. The number of anilines is 2. The molecule has 0 bridgehead atoms. The van der Waals surface area contributed by atoms with Crippen LogP contribution in [0.25, 0.3) is 22.2 Å². The minimum absolute atomic E-state index is 0.762. The van der Waals surface area contributed by atoms with Crippen LogP contribution in [0.5, 0.6) is 0 Å². The van der Waals surface area contributed by atoms with E-state index >= 15 is 0 Å². The molecule has 3 rings (SSSR count). The fraction of sp³-hybridized carbons (Fsp3) is 0. The summed E-state index contributed by atoms with van der Waals surface area (Å²) in [7, 11) is 0. The third-order valence-electron chi connectivity index (χ3n) is 2.84. The molecule has 84 valence electrons. The van der Waals surface area contributed by atoms with Crippen molar-refractivity contribution in [1.82, 2.24) is 4.98 Å². The zero-order valence-corrected chi connectivity index (χ0v) is 9.27. The van der Waals surface area contributed by atoms with Gasteiger partial charge < -0.3 is 16.5 Å². The van der Waals surface area contributed by atoms with Gasteiger partial charge in [0, 0.05) is 28.0 Å². The number of hydrogen-bond acceptors (Lipinski definition) is 2. The summed E-state index contributed by atoms with van der Waals surface area (Å²) in [6, 6.07) is 15.8. The summed E-state index contributed by atoms with van der Waals surface area (Å²) in [5, 5.41) is 1.15. The Morgan fingerprint density at radius 1 is 0.824 bits per heavy atom. The summed E-state index contributed by atoms with van der Waals surface area (Å²) in [6.07, 6.45) is 0. The Balaban J connectivity index is 2.18. The summed E-state index contributed by atoms with van der Waals surface area (Å²) in [6.45, 7) is 0. The maximum Gasteiger partial charge on any atom is 0.0479 e. The molecule has 1 heterocycles. The van der Waals surface area contributed by atoms with Gasteiger partial charge in [0.15, 0.2) is 0 Å². The number of nitrogens with two attached hydrogens (primary N) is 2. The van der Waals surface area contributed by atoms with Crippen molar-refractivity contribution in [2.45, 2.75) is 0 Å². The molecule has 2 aromatic carbocycles.